The second kappa shape index (κ2) is 15.3. The van der Waals surface area contributed by atoms with Crippen LogP contribution in [0.25, 0.3) is 0 Å². The number of alkyl halides is 2. The van der Waals surface area contributed by atoms with Crippen molar-refractivity contribution in [1.29, 1.82) is 0 Å². The Labute approximate surface area is 269 Å². The summed E-state index contributed by atoms with van der Waals surface area (Å²) in [6.45, 7) is -2.79. The number of hydrogen-bond donors (Lipinski definition) is 1. The number of benzene rings is 2. The molecule has 2 unspecified atom stereocenters. The number of carbonyl (C=O) groups is 1. The molecule has 2 N–H and O–H groups in total. The van der Waals surface area contributed by atoms with Crippen LogP contribution in [-0.4, -0.2) is 39.9 Å². The minimum atomic E-state index is -3.71. The quantitative estimate of drug-likeness (QED) is 0.105. The first-order valence-corrected chi connectivity index (χ1v) is 15.6. The minimum absolute atomic E-state index is 0. The highest BCUT2D eigenvalue weighted by atomic mass is 35.5. The van der Waals surface area contributed by atoms with Crippen LogP contribution in [0.4, 0.5) is 8.78 Å². The highest BCUT2D eigenvalue weighted by Crippen LogP contribution is 2.38. The fourth-order valence-electron chi connectivity index (χ4n) is 4.08. The predicted octanol–water partition coefficient (Wildman–Crippen LogP) is 5.17. The number of hydrogen-bond acceptors (Lipinski definition) is 9. The largest absolute Gasteiger partial charge is 0.619 e. The van der Waals surface area contributed by atoms with E-state index in [1.807, 2.05) is 0 Å². The van der Waals surface area contributed by atoms with Crippen molar-refractivity contribution in [1.82, 2.24) is 0 Å². The summed E-state index contributed by atoms with van der Waals surface area (Å²) in [6.07, 6.45) is 3.88. The van der Waals surface area contributed by atoms with Crippen LogP contribution in [0.1, 0.15) is 35.6 Å². The normalized spacial score (nSPS) is 14.3. The van der Waals surface area contributed by atoms with E-state index >= 15 is 0 Å². The van der Waals surface area contributed by atoms with Crippen molar-refractivity contribution in [3.8, 4) is 17.2 Å². The van der Waals surface area contributed by atoms with Gasteiger partial charge in [0, 0.05) is 12.0 Å². The van der Waals surface area contributed by atoms with E-state index in [0.29, 0.717) is 33.9 Å². The van der Waals surface area contributed by atoms with Crippen LogP contribution >= 0.6 is 35.6 Å². The molecule has 1 saturated carbocycles. The molecule has 10 nitrogen and oxygen atoms in total. The van der Waals surface area contributed by atoms with E-state index < -0.39 is 34.8 Å². The van der Waals surface area contributed by atoms with Gasteiger partial charge >= 0.3 is 22.7 Å². The lowest BCUT2D eigenvalue weighted by Gasteiger charge is -2.23. The van der Waals surface area contributed by atoms with Gasteiger partial charge in [-0.3, -0.25) is 4.79 Å². The average molecular weight is 698 g/mol. The van der Waals surface area contributed by atoms with E-state index in [4.69, 9.17) is 42.6 Å². The van der Waals surface area contributed by atoms with Crippen molar-refractivity contribution >= 4 is 51.7 Å². The molecule has 0 aliphatic heterocycles. The number of halogens is 5. The highest BCUT2D eigenvalue weighted by molar-refractivity contribution is 7.86. The maximum absolute atomic E-state index is 13.2. The van der Waals surface area contributed by atoms with Crippen LogP contribution < -0.4 is 24.1 Å². The molecular formula is C28H29Cl3F2N2O8S. The van der Waals surface area contributed by atoms with Crippen molar-refractivity contribution < 1.29 is 45.1 Å². The molecule has 1 aliphatic rings. The summed E-state index contributed by atoms with van der Waals surface area (Å²) in [5.41, 5.74) is 7.41. The maximum atomic E-state index is 13.2. The molecule has 2 aromatic carbocycles. The van der Waals surface area contributed by atoms with Crippen LogP contribution in [0.3, 0.4) is 0 Å². The van der Waals surface area contributed by atoms with E-state index in [9.17, 15) is 27.2 Å². The third kappa shape index (κ3) is 10.5. The number of aromatic nitrogens is 1. The molecule has 2 atom stereocenters. The molecule has 0 spiro atoms. The smallest absolute Gasteiger partial charge is 0.387 e. The first-order chi connectivity index (χ1) is 20.3. The van der Waals surface area contributed by atoms with Gasteiger partial charge in [0.2, 0.25) is 0 Å². The molecule has 240 valence electrons. The molecule has 0 radical (unpaired) electrons. The van der Waals surface area contributed by atoms with Gasteiger partial charge in [0.25, 0.3) is 0 Å². The maximum Gasteiger partial charge on any atom is 0.387 e. The molecule has 0 saturated heterocycles. The predicted molar refractivity (Wildman–Crippen MR) is 160 cm³/mol. The highest BCUT2D eigenvalue weighted by Gasteiger charge is 2.28. The van der Waals surface area contributed by atoms with Crippen LogP contribution in [0.15, 0.2) is 54.9 Å². The Morgan fingerprint density at radius 3 is 2.27 bits per heavy atom. The molecular weight excluding hydrogens is 669 g/mol. The third-order valence-electron chi connectivity index (χ3n) is 6.36. The molecule has 1 aliphatic carbocycles. The van der Waals surface area contributed by atoms with Crippen LogP contribution in [0.2, 0.25) is 10.0 Å². The summed E-state index contributed by atoms with van der Waals surface area (Å²) in [5, 5.41) is 11.8. The number of ether oxygens (including phenoxy) is 3. The van der Waals surface area contributed by atoms with Gasteiger partial charge in [0.1, 0.15) is 27.9 Å². The fourth-order valence-corrected chi connectivity index (χ4v) is 5.14. The summed E-state index contributed by atoms with van der Waals surface area (Å²) in [7, 11) is -3.71. The standard InChI is InChI=1S/C28H28Cl2F2N2O8S.ClH/c1-43(37,38)42-19-7-4-16(5-8-19)10-23(33)27(35)40-25(12-20-21(29)13-34(36)14-22(20)30)18-6-9-24(41-28(31)32)26(11-18)39-15-17-2-3-17;/h4-9,11,13-14,17,23,25,28H,2-3,10,12,15,33H2,1H3;1H. The summed E-state index contributed by atoms with van der Waals surface area (Å²) in [5.74, 6) is -0.557. The Hall–Kier alpha value is -3.10. The topological polar surface area (TPSA) is 141 Å². The number of pyridine rings is 1. The zero-order valence-electron chi connectivity index (χ0n) is 23.2. The zero-order chi connectivity index (χ0) is 31.3. The summed E-state index contributed by atoms with van der Waals surface area (Å²) < 4.78 is 70.2. The molecule has 3 aromatic rings. The van der Waals surface area contributed by atoms with Gasteiger partial charge < -0.3 is 29.3 Å². The molecule has 0 amide bonds. The molecule has 16 heteroatoms. The minimum Gasteiger partial charge on any atom is -0.619 e. The Balaban J connectivity index is 0.00000529. The van der Waals surface area contributed by atoms with Gasteiger partial charge in [-0.2, -0.15) is 21.9 Å². The second-order valence-corrected chi connectivity index (χ2v) is 12.4. The van der Waals surface area contributed by atoms with Gasteiger partial charge in [-0.25, -0.2) is 0 Å². The number of nitrogens with zero attached hydrogens (tertiary/aromatic N) is 1. The SMILES string of the molecule is CS(=O)(=O)Oc1ccc(CC(N)C(=O)OC(Cc2c(Cl)c[n+]([O-])cc2Cl)c2ccc(OC(F)F)c(OCC3CC3)c2)cc1.Cl. The number of esters is 1. The number of carbonyl (C=O) groups excluding carboxylic acids is 1. The van der Waals surface area contributed by atoms with E-state index in [1.54, 1.807) is 12.1 Å². The lowest BCUT2D eigenvalue weighted by molar-refractivity contribution is -0.605. The Bertz CT molecular complexity index is 1540. The molecule has 1 heterocycles. The van der Waals surface area contributed by atoms with E-state index in [0.717, 1.165) is 31.5 Å². The first-order valence-electron chi connectivity index (χ1n) is 13.0. The lowest BCUT2D eigenvalue weighted by Crippen LogP contribution is -2.35. The van der Waals surface area contributed by atoms with Crippen LogP contribution in [0, 0.1) is 11.1 Å². The van der Waals surface area contributed by atoms with Crippen LogP contribution in [-0.2, 0) is 32.5 Å². The van der Waals surface area contributed by atoms with Crippen molar-refractivity contribution in [3.63, 3.8) is 0 Å². The van der Waals surface area contributed by atoms with Gasteiger partial charge in [0.05, 0.1) is 12.9 Å². The molecule has 0 bridgehead atoms. The summed E-state index contributed by atoms with van der Waals surface area (Å²) >= 11 is 12.6. The molecule has 1 fully saturated rings. The summed E-state index contributed by atoms with van der Waals surface area (Å²) in [4.78, 5) is 13.2. The zero-order valence-corrected chi connectivity index (χ0v) is 26.3. The van der Waals surface area contributed by atoms with E-state index in [1.165, 1.54) is 30.3 Å². The lowest BCUT2D eigenvalue weighted by atomic mass is 10.0. The average Bonchev–Trinajstić information content (AvgIpc) is 3.74. The Morgan fingerprint density at radius 1 is 1.07 bits per heavy atom. The number of nitrogens with two attached hydrogens (primary N) is 1. The Kier molecular flexibility index (Phi) is 12.3. The van der Waals surface area contributed by atoms with Crippen molar-refractivity contribution in [2.75, 3.05) is 12.9 Å². The molecule has 1 aromatic heterocycles. The van der Waals surface area contributed by atoms with E-state index in [-0.39, 0.29) is 52.5 Å². The fraction of sp³-hybridized carbons (Fsp3) is 0.357. The molecule has 44 heavy (non-hydrogen) atoms. The molecule has 4 rings (SSSR count). The third-order valence-corrected chi connectivity index (χ3v) is 7.51. The van der Waals surface area contributed by atoms with Gasteiger partial charge in [0.15, 0.2) is 23.9 Å². The van der Waals surface area contributed by atoms with Gasteiger partial charge in [-0.05, 0) is 60.6 Å². The summed E-state index contributed by atoms with van der Waals surface area (Å²) in [6, 6.07) is 8.95. The Morgan fingerprint density at radius 2 is 1.70 bits per heavy atom. The monoisotopic (exact) mass is 696 g/mol. The van der Waals surface area contributed by atoms with Gasteiger partial charge in [-0.1, -0.05) is 41.4 Å². The number of rotatable bonds is 14. The van der Waals surface area contributed by atoms with Crippen molar-refractivity contribution in [2.24, 2.45) is 11.7 Å². The van der Waals surface area contributed by atoms with Gasteiger partial charge in [-0.15, -0.1) is 12.4 Å². The van der Waals surface area contributed by atoms with Crippen molar-refractivity contribution in [2.45, 2.75) is 44.4 Å². The first kappa shape index (κ1) is 35.4. The van der Waals surface area contributed by atoms with Crippen molar-refractivity contribution in [3.05, 3.63) is 86.8 Å². The van der Waals surface area contributed by atoms with E-state index in [2.05, 4.69) is 4.74 Å². The van der Waals surface area contributed by atoms with Crippen LogP contribution in [0.5, 0.6) is 17.2 Å². The second-order valence-electron chi connectivity index (χ2n) is 10.0.